The first-order chi connectivity index (χ1) is 26.3. The first kappa shape index (κ1) is 30.6. The first-order valence-corrected chi connectivity index (χ1v) is 17.8. The highest BCUT2D eigenvalue weighted by Gasteiger charge is 2.16. The normalized spacial score (nSPS) is 11.4. The van der Waals surface area contributed by atoms with Crippen LogP contribution < -0.4 is 0 Å². The van der Waals surface area contributed by atoms with Crippen LogP contribution in [-0.4, -0.2) is 19.5 Å². The average molecular weight is 677 g/mol. The van der Waals surface area contributed by atoms with Gasteiger partial charge in [-0.2, -0.15) is 0 Å². The maximum absolute atomic E-state index is 5.20. The largest absolute Gasteiger partial charge is 0.309 e. The minimum absolute atomic E-state index is 0.698. The number of hydrogen-bond acceptors (Lipinski definition) is 3. The van der Waals surface area contributed by atoms with Crippen LogP contribution in [0.1, 0.15) is 0 Å². The predicted octanol–water partition coefficient (Wildman–Crippen LogP) is 12.5. The van der Waals surface area contributed by atoms with Crippen molar-refractivity contribution in [2.75, 3.05) is 0 Å². The molecule has 0 amide bonds. The van der Waals surface area contributed by atoms with E-state index in [0.717, 1.165) is 55.8 Å². The van der Waals surface area contributed by atoms with Gasteiger partial charge in [0, 0.05) is 45.5 Å². The van der Waals surface area contributed by atoms with E-state index < -0.39 is 0 Å². The molecule has 0 spiro atoms. The Morgan fingerprint density at radius 2 is 0.887 bits per heavy atom. The summed E-state index contributed by atoms with van der Waals surface area (Å²) in [5.74, 6) is 0.698. The van der Waals surface area contributed by atoms with Crippen LogP contribution in [0.15, 0.2) is 194 Å². The van der Waals surface area contributed by atoms with Crippen molar-refractivity contribution in [2.45, 2.75) is 0 Å². The van der Waals surface area contributed by atoms with Gasteiger partial charge in [-0.1, -0.05) is 140 Å². The molecule has 3 aromatic heterocycles. The fourth-order valence-corrected chi connectivity index (χ4v) is 7.61. The van der Waals surface area contributed by atoms with Crippen LogP contribution in [0.2, 0.25) is 0 Å². The molecule has 0 aliphatic rings. The summed E-state index contributed by atoms with van der Waals surface area (Å²) in [4.78, 5) is 14.5. The number of aromatic nitrogens is 4. The molecule has 7 aromatic carbocycles. The van der Waals surface area contributed by atoms with Crippen molar-refractivity contribution in [1.29, 1.82) is 0 Å². The van der Waals surface area contributed by atoms with Gasteiger partial charge >= 0.3 is 0 Å². The van der Waals surface area contributed by atoms with E-state index >= 15 is 0 Å². The van der Waals surface area contributed by atoms with Gasteiger partial charge in [-0.25, -0.2) is 9.97 Å². The molecule has 0 saturated carbocycles. The van der Waals surface area contributed by atoms with Crippen LogP contribution >= 0.6 is 0 Å². The zero-order valence-electron chi connectivity index (χ0n) is 28.8. The number of fused-ring (bicyclic) bond motifs is 4. The molecular weight excluding hydrogens is 645 g/mol. The fourth-order valence-electron chi connectivity index (χ4n) is 7.61. The van der Waals surface area contributed by atoms with E-state index in [-0.39, 0.29) is 0 Å². The van der Waals surface area contributed by atoms with Crippen LogP contribution in [0.5, 0.6) is 0 Å². The zero-order chi connectivity index (χ0) is 35.1. The molecule has 248 valence electrons. The molecule has 10 aromatic rings. The van der Waals surface area contributed by atoms with E-state index in [1.807, 2.05) is 42.7 Å². The average Bonchev–Trinajstić information content (AvgIpc) is 3.58. The Balaban J connectivity index is 1.11. The van der Waals surface area contributed by atoms with Crippen LogP contribution in [0.4, 0.5) is 0 Å². The lowest BCUT2D eigenvalue weighted by Crippen LogP contribution is -1.97. The number of nitrogens with zero attached hydrogens (tertiary/aromatic N) is 4. The summed E-state index contributed by atoms with van der Waals surface area (Å²) in [6, 6.07) is 64.3. The highest BCUT2D eigenvalue weighted by atomic mass is 15.0. The molecular formula is C49H32N4. The Morgan fingerprint density at radius 3 is 1.60 bits per heavy atom. The van der Waals surface area contributed by atoms with Gasteiger partial charge < -0.3 is 4.57 Å². The SMILES string of the molecule is c1ccc(-c2nc(-c3ccc(-c4ccncc4)cc3)cc(-c3ccc(-c4cccc(-n5c6ccccc6c6ccccc65)c4)c4ccccc34)n2)cc1. The number of pyridine rings is 1. The highest BCUT2D eigenvalue weighted by Crippen LogP contribution is 2.39. The summed E-state index contributed by atoms with van der Waals surface area (Å²) in [6.07, 6.45) is 3.65. The fraction of sp³-hybridized carbons (Fsp3) is 0. The van der Waals surface area contributed by atoms with Gasteiger partial charge in [0.1, 0.15) is 0 Å². The van der Waals surface area contributed by atoms with Crippen molar-refractivity contribution in [3.63, 3.8) is 0 Å². The molecule has 0 N–H and O–H groups in total. The Bertz CT molecular complexity index is 2880. The Hall–Kier alpha value is -7.17. The second-order valence-corrected chi connectivity index (χ2v) is 13.3. The smallest absolute Gasteiger partial charge is 0.160 e. The topological polar surface area (TPSA) is 43.6 Å². The van der Waals surface area contributed by atoms with E-state index in [1.165, 1.54) is 32.8 Å². The van der Waals surface area contributed by atoms with Gasteiger partial charge in [0.2, 0.25) is 0 Å². The standard InChI is InChI=1S/C49H32N4/c1-2-11-36(12-3-1)49-51-45(35-23-21-33(22-24-35)34-27-29-50-30-28-34)32-46(52-49)42-26-25-39(40-15-4-5-16-41(40)42)37-13-10-14-38(31-37)53-47-19-8-6-17-43(47)44-18-7-9-20-48(44)53/h1-32H. The van der Waals surface area contributed by atoms with Crippen molar-refractivity contribution in [3.05, 3.63) is 194 Å². The molecule has 0 saturated heterocycles. The molecule has 0 atom stereocenters. The van der Waals surface area contributed by atoms with E-state index in [2.05, 4.69) is 161 Å². The predicted molar refractivity (Wildman–Crippen MR) is 219 cm³/mol. The Labute approximate surface area is 307 Å². The van der Waals surface area contributed by atoms with Gasteiger partial charge in [0.25, 0.3) is 0 Å². The minimum Gasteiger partial charge on any atom is -0.309 e. The number of rotatable bonds is 6. The summed E-state index contributed by atoms with van der Waals surface area (Å²) in [6.45, 7) is 0. The molecule has 10 rings (SSSR count). The third-order valence-corrected chi connectivity index (χ3v) is 10.1. The van der Waals surface area contributed by atoms with Crippen molar-refractivity contribution < 1.29 is 0 Å². The Kier molecular flexibility index (Phi) is 7.43. The molecule has 0 bridgehead atoms. The second-order valence-electron chi connectivity index (χ2n) is 13.3. The molecule has 4 nitrogen and oxygen atoms in total. The summed E-state index contributed by atoms with van der Waals surface area (Å²) in [7, 11) is 0. The molecule has 3 heterocycles. The number of benzene rings is 7. The summed E-state index contributed by atoms with van der Waals surface area (Å²) >= 11 is 0. The molecule has 53 heavy (non-hydrogen) atoms. The van der Waals surface area contributed by atoms with E-state index in [9.17, 15) is 0 Å². The summed E-state index contributed by atoms with van der Waals surface area (Å²) < 4.78 is 2.38. The van der Waals surface area contributed by atoms with Crippen LogP contribution in [0.3, 0.4) is 0 Å². The van der Waals surface area contributed by atoms with Crippen LogP contribution in [0, 0.1) is 0 Å². The molecule has 0 aliphatic heterocycles. The van der Waals surface area contributed by atoms with Crippen LogP contribution in [0.25, 0.3) is 94.4 Å². The van der Waals surface area contributed by atoms with Crippen molar-refractivity contribution >= 4 is 32.6 Å². The van der Waals surface area contributed by atoms with Gasteiger partial charge in [0.15, 0.2) is 5.82 Å². The van der Waals surface area contributed by atoms with Crippen molar-refractivity contribution in [1.82, 2.24) is 19.5 Å². The quantitative estimate of drug-likeness (QED) is 0.176. The summed E-state index contributed by atoms with van der Waals surface area (Å²) in [5.41, 5.74) is 13.0. The molecule has 4 heteroatoms. The Morgan fingerprint density at radius 1 is 0.340 bits per heavy atom. The maximum atomic E-state index is 5.20. The third-order valence-electron chi connectivity index (χ3n) is 10.1. The second kappa shape index (κ2) is 12.9. The lowest BCUT2D eigenvalue weighted by molar-refractivity contribution is 1.18. The first-order valence-electron chi connectivity index (χ1n) is 17.8. The minimum atomic E-state index is 0.698. The summed E-state index contributed by atoms with van der Waals surface area (Å²) in [5, 5.41) is 4.83. The van der Waals surface area contributed by atoms with Gasteiger partial charge in [-0.05, 0) is 75.5 Å². The number of hydrogen-bond donors (Lipinski definition) is 0. The van der Waals surface area contributed by atoms with Gasteiger partial charge in [0.05, 0.1) is 22.4 Å². The lowest BCUT2D eigenvalue weighted by atomic mass is 9.93. The molecule has 0 aliphatic carbocycles. The van der Waals surface area contributed by atoms with E-state index in [4.69, 9.17) is 9.97 Å². The molecule has 0 radical (unpaired) electrons. The zero-order valence-corrected chi connectivity index (χ0v) is 28.8. The van der Waals surface area contributed by atoms with E-state index in [1.54, 1.807) is 0 Å². The monoisotopic (exact) mass is 676 g/mol. The van der Waals surface area contributed by atoms with Gasteiger partial charge in [-0.3, -0.25) is 4.98 Å². The molecule has 0 unspecified atom stereocenters. The third kappa shape index (κ3) is 5.45. The van der Waals surface area contributed by atoms with Crippen molar-refractivity contribution in [3.8, 4) is 61.8 Å². The van der Waals surface area contributed by atoms with E-state index in [0.29, 0.717) is 5.82 Å². The maximum Gasteiger partial charge on any atom is 0.160 e. The highest BCUT2D eigenvalue weighted by molar-refractivity contribution is 6.09. The lowest BCUT2D eigenvalue weighted by Gasteiger charge is -2.15. The number of para-hydroxylation sites is 2. The van der Waals surface area contributed by atoms with Crippen LogP contribution in [-0.2, 0) is 0 Å². The molecule has 0 fully saturated rings. The van der Waals surface area contributed by atoms with Gasteiger partial charge in [-0.15, -0.1) is 0 Å². The van der Waals surface area contributed by atoms with Crippen molar-refractivity contribution in [2.24, 2.45) is 0 Å².